The summed E-state index contributed by atoms with van der Waals surface area (Å²) in [5.74, 6) is 1.33. The molecule has 0 atom stereocenters. The van der Waals surface area contributed by atoms with Gasteiger partial charge >= 0.3 is 0 Å². The van der Waals surface area contributed by atoms with Crippen molar-refractivity contribution in [3.8, 4) is 17.2 Å². The van der Waals surface area contributed by atoms with E-state index < -0.39 is 0 Å². The van der Waals surface area contributed by atoms with Crippen LogP contribution in [0.15, 0.2) is 72.8 Å². The predicted octanol–water partition coefficient (Wildman–Crippen LogP) is 5.41. The Labute approximate surface area is 178 Å². The molecule has 0 aliphatic carbocycles. The van der Waals surface area contributed by atoms with Gasteiger partial charge < -0.3 is 19.8 Å². The van der Waals surface area contributed by atoms with Gasteiger partial charge in [-0.1, -0.05) is 43.3 Å². The van der Waals surface area contributed by atoms with Crippen molar-refractivity contribution in [3.05, 3.63) is 89.5 Å². The van der Waals surface area contributed by atoms with Gasteiger partial charge in [-0.3, -0.25) is 0 Å². The van der Waals surface area contributed by atoms with Crippen LogP contribution >= 0.6 is 0 Å². The van der Waals surface area contributed by atoms with Crippen molar-refractivity contribution >= 4 is 11.1 Å². The fourth-order valence-corrected chi connectivity index (χ4v) is 3.39. The number of phenols is 2. The van der Waals surface area contributed by atoms with Crippen molar-refractivity contribution in [2.75, 3.05) is 27.2 Å². The molecule has 0 amide bonds. The number of hydrogen-bond donors (Lipinski definition) is 2. The van der Waals surface area contributed by atoms with Gasteiger partial charge in [-0.15, -0.1) is 0 Å². The molecule has 0 bridgehead atoms. The number of ether oxygens (including phenoxy) is 1. The molecule has 3 aromatic carbocycles. The molecule has 4 heteroatoms. The Hall–Kier alpha value is -3.24. The summed E-state index contributed by atoms with van der Waals surface area (Å²) in [7, 11) is 4.05. The molecule has 0 aromatic heterocycles. The van der Waals surface area contributed by atoms with Crippen molar-refractivity contribution in [3.63, 3.8) is 0 Å². The summed E-state index contributed by atoms with van der Waals surface area (Å²) in [6.07, 6.45) is 0.821. The molecular formula is C26H29NO3. The molecule has 2 N–H and O–H groups in total. The van der Waals surface area contributed by atoms with Gasteiger partial charge in [-0.05, 0) is 84.8 Å². The first-order valence-corrected chi connectivity index (χ1v) is 10.2. The molecule has 156 valence electrons. The van der Waals surface area contributed by atoms with Crippen LogP contribution in [0.3, 0.4) is 0 Å². The summed E-state index contributed by atoms with van der Waals surface area (Å²) < 4.78 is 5.84. The minimum absolute atomic E-state index is 0.241. The van der Waals surface area contributed by atoms with Gasteiger partial charge in [-0.2, -0.15) is 0 Å². The lowest BCUT2D eigenvalue weighted by molar-refractivity contribution is 0.261. The van der Waals surface area contributed by atoms with Crippen molar-refractivity contribution < 1.29 is 14.9 Å². The Morgan fingerprint density at radius 2 is 1.20 bits per heavy atom. The molecule has 0 unspecified atom stereocenters. The molecule has 0 radical (unpaired) electrons. The van der Waals surface area contributed by atoms with Crippen LogP contribution in [0, 0.1) is 0 Å². The van der Waals surface area contributed by atoms with Gasteiger partial charge in [0.15, 0.2) is 0 Å². The number of nitrogens with zero attached hydrogens (tertiary/aromatic N) is 1. The molecule has 3 rings (SSSR count). The van der Waals surface area contributed by atoms with Crippen molar-refractivity contribution in [2.45, 2.75) is 13.3 Å². The first-order valence-electron chi connectivity index (χ1n) is 10.2. The molecule has 0 fully saturated rings. The molecular weight excluding hydrogens is 374 g/mol. The fraction of sp³-hybridized carbons (Fsp3) is 0.231. The van der Waals surface area contributed by atoms with Crippen LogP contribution in [0.5, 0.6) is 17.2 Å². The summed E-state index contributed by atoms with van der Waals surface area (Å²) in [6, 6.07) is 22.7. The monoisotopic (exact) mass is 403 g/mol. The van der Waals surface area contributed by atoms with E-state index in [4.69, 9.17) is 4.74 Å². The van der Waals surface area contributed by atoms with E-state index in [0.29, 0.717) is 6.61 Å². The van der Waals surface area contributed by atoms with Crippen LogP contribution in [-0.2, 0) is 0 Å². The average molecular weight is 404 g/mol. The highest BCUT2D eigenvalue weighted by Gasteiger charge is 2.13. The SMILES string of the molecule is CC/C(=C(/c1ccc(O)cc1)c1ccc(OCCN(C)C)cc1)c1ccc(O)cc1. The Morgan fingerprint density at radius 1 is 0.733 bits per heavy atom. The minimum atomic E-state index is 0.241. The van der Waals surface area contributed by atoms with Crippen molar-refractivity contribution in [2.24, 2.45) is 0 Å². The number of benzene rings is 3. The number of phenolic OH excluding ortho intramolecular Hbond substituents is 2. The lowest BCUT2D eigenvalue weighted by atomic mass is 9.88. The predicted molar refractivity (Wildman–Crippen MR) is 123 cm³/mol. The first kappa shape index (κ1) is 21.5. The van der Waals surface area contributed by atoms with E-state index in [1.807, 2.05) is 50.5 Å². The van der Waals surface area contributed by atoms with Crippen LogP contribution in [0.4, 0.5) is 0 Å². The van der Waals surface area contributed by atoms with Crippen LogP contribution < -0.4 is 4.74 Å². The third-order valence-electron chi connectivity index (χ3n) is 4.98. The lowest BCUT2D eigenvalue weighted by Gasteiger charge is -2.17. The first-order chi connectivity index (χ1) is 14.5. The normalized spacial score (nSPS) is 12.0. The smallest absolute Gasteiger partial charge is 0.119 e. The molecule has 0 aliphatic heterocycles. The highest BCUT2D eigenvalue weighted by molar-refractivity contribution is 5.98. The number of allylic oxidation sites excluding steroid dienone is 1. The maximum atomic E-state index is 9.75. The van der Waals surface area contributed by atoms with E-state index >= 15 is 0 Å². The number of hydrogen-bond acceptors (Lipinski definition) is 4. The summed E-state index contributed by atoms with van der Waals surface area (Å²) >= 11 is 0. The van der Waals surface area contributed by atoms with Gasteiger partial charge in [0, 0.05) is 6.54 Å². The zero-order valence-electron chi connectivity index (χ0n) is 17.8. The summed E-state index contributed by atoms with van der Waals surface area (Å²) in [6.45, 7) is 3.63. The molecule has 3 aromatic rings. The molecule has 4 nitrogen and oxygen atoms in total. The number of likely N-dealkylation sites (N-methyl/N-ethyl adjacent to an activating group) is 1. The third-order valence-corrected chi connectivity index (χ3v) is 4.98. The van der Waals surface area contributed by atoms with Crippen molar-refractivity contribution in [1.82, 2.24) is 4.90 Å². The Kier molecular flexibility index (Phi) is 7.15. The third kappa shape index (κ3) is 5.43. The summed E-state index contributed by atoms with van der Waals surface area (Å²) in [5.41, 5.74) is 5.43. The molecule has 30 heavy (non-hydrogen) atoms. The van der Waals surface area contributed by atoms with Gasteiger partial charge in [0.2, 0.25) is 0 Å². The second-order valence-corrected chi connectivity index (χ2v) is 7.48. The zero-order valence-corrected chi connectivity index (χ0v) is 17.8. The maximum Gasteiger partial charge on any atom is 0.119 e. The largest absolute Gasteiger partial charge is 0.508 e. The highest BCUT2D eigenvalue weighted by atomic mass is 16.5. The maximum absolute atomic E-state index is 9.75. The lowest BCUT2D eigenvalue weighted by Crippen LogP contribution is -2.19. The second kappa shape index (κ2) is 9.99. The Balaban J connectivity index is 2.03. The second-order valence-electron chi connectivity index (χ2n) is 7.48. The number of aromatic hydroxyl groups is 2. The van der Waals surface area contributed by atoms with Gasteiger partial charge in [0.25, 0.3) is 0 Å². The van der Waals surface area contributed by atoms with E-state index in [-0.39, 0.29) is 11.5 Å². The van der Waals surface area contributed by atoms with E-state index in [9.17, 15) is 10.2 Å². The summed E-state index contributed by atoms with van der Waals surface area (Å²) in [4.78, 5) is 2.09. The van der Waals surface area contributed by atoms with Gasteiger partial charge in [0.1, 0.15) is 23.9 Å². The van der Waals surface area contributed by atoms with E-state index in [1.54, 1.807) is 24.3 Å². The van der Waals surface area contributed by atoms with Gasteiger partial charge in [-0.25, -0.2) is 0 Å². The highest BCUT2D eigenvalue weighted by Crippen LogP contribution is 2.36. The van der Waals surface area contributed by atoms with Gasteiger partial charge in [0.05, 0.1) is 0 Å². The molecule has 0 saturated carbocycles. The number of rotatable bonds is 8. The zero-order chi connectivity index (χ0) is 21.5. The Morgan fingerprint density at radius 3 is 1.67 bits per heavy atom. The topological polar surface area (TPSA) is 52.9 Å². The fourth-order valence-electron chi connectivity index (χ4n) is 3.39. The van der Waals surface area contributed by atoms with Crippen LogP contribution in [0.1, 0.15) is 30.0 Å². The van der Waals surface area contributed by atoms with Crippen LogP contribution in [0.25, 0.3) is 11.1 Å². The molecule has 0 heterocycles. The van der Waals surface area contributed by atoms with E-state index in [2.05, 4.69) is 24.0 Å². The summed E-state index contributed by atoms with van der Waals surface area (Å²) in [5, 5.41) is 19.4. The standard InChI is InChI=1S/C26H29NO3/c1-4-25(19-5-11-22(28)12-6-19)26(20-7-13-23(29)14-8-20)21-9-15-24(16-10-21)30-18-17-27(2)3/h5-16,28-29H,4,17-18H2,1-3H3/b26-25+. The molecule has 0 spiro atoms. The van der Waals surface area contributed by atoms with E-state index in [1.165, 1.54) is 5.57 Å². The Bertz CT molecular complexity index is 972. The minimum Gasteiger partial charge on any atom is -0.508 e. The van der Waals surface area contributed by atoms with Crippen LogP contribution in [-0.4, -0.2) is 42.4 Å². The molecule has 0 aliphatic rings. The van der Waals surface area contributed by atoms with Crippen molar-refractivity contribution in [1.29, 1.82) is 0 Å². The van der Waals surface area contributed by atoms with Crippen LogP contribution in [0.2, 0.25) is 0 Å². The molecule has 0 saturated heterocycles. The average Bonchev–Trinajstić information content (AvgIpc) is 2.74. The van der Waals surface area contributed by atoms with E-state index in [0.717, 1.165) is 41.0 Å². The quantitative estimate of drug-likeness (QED) is 0.494.